The number of β-amino-alcohol motifs (C(OH)–C–C–N with tert-alkyl or cyclic N) is 1. The predicted octanol–water partition coefficient (Wildman–Crippen LogP) is 3.83. The van der Waals surface area contributed by atoms with Crippen molar-refractivity contribution in [2.45, 2.75) is 36.8 Å². The van der Waals surface area contributed by atoms with Crippen LogP contribution in [0.5, 0.6) is 0 Å². The summed E-state index contributed by atoms with van der Waals surface area (Å²) in [5.41, 5.74) is 0.332. The maximum Gasteiger partial charge on any atom is 0.242 e. The van der Waals surface area contributed by atoms with Gasteiger partial charge in [-0.3, -0.25) is 0 Å². The molecule has 0 aliphatic rings. The number of aliphatic hydroxyl groups is 1. The van der Waals surface area contributed by atoms with Crippen molar-refractivity contribution in [2.75, 3.05) is 20.1 Å². The van der Waals surface area contributed by atoms with Crippen LogP contribution in [0.25, 0.3) is 0 Å². The lowest BCUT2D eigenvalue weighted by Gasteiger charge is -2.29. The van der Waals surface area contributed by atoms with Gasteiger partial charge in [0.2, 0.25) is 10.0 Å². The zero-order chi connectivity index (χ0) is 21.8. The average Bonchev–Trinajstić information content (AvgIpc) is 2.63. The van der Waals surface area contributed by atoms with E-state index < -0.39 is 27.5 Å². The highest BCUT2D eigenvalue weighted by Crippen LogP contribution is 2.20. The Morgan fingerprint density at radius 1 is 1.24 bits per heavy atom. The highest BCUT2D eigenvalue weighted by molar-refractivity contribution is 9.10. The number of hydrogen-bond acceptors (Lipinski definition) is 4. The zero-order valence-electron chi connectivity index (χ0n) is 16.5. The summed E-state index contributed by atoms with van der Waals surface area (Å²) >= 11 is 8.99. The van der Waals surface area contributed by atoms with E-state index in [9.17, 15) is 17.9 Å². The molecule has 0 unspecified atom stereocenters. The number of nitrogens with one attached hydrogen (secondary N) is 1. The zero-order valence-corrected chi connectivity index (χ0v) is 19.7. The number of likely N-dealkylation sites (N-methyl/N-ethyl adjacent to an activating group) is 1. The Bertz CT molecular complexity index is 939. The topological polar surface area (TPSA) is 69.6 Å². The van der Waals surface area contributed by atoms with Gasteiger partial charge in [-0.15, -0.1) is 0 Å². The van der Waals surface area contributed by atoms with Crippen molar-refractivity contribution in [2.24, 2.45) is 0 Å². The molecule has 0 aliphatic heterocycles. The number of nitrogens with zero attached hydrogens (tertiary/aromatic N) is 1. The monoisotopic (exact) mass is 506 g/mol. The maximum atomic E-state index is 13.6. The van der Waals surface area contributed by atoms with Gasteiger partial charge in [-0.05, 0) is 62.2 Å². The smallest absolute Gasteiger partial charge is 0.242 e. The number of hydrogen-bond donors (Lipinski definition) is 2. The van der Waals surface area contributed by atoms with Gasteiger partial charge >= 0.3 is 0 Å². The molecule has 9 heteroatoms. The first-order chi connectivity index (χ1) is 13.4. The summed E-state index contributed by atoms with van der Waals surface area (Å²) in [4.78, 5) is 0.161. The van der Waals surface area contributed by atoms with E-state index in [0.717, 1.165) is 14.3 Å². The molecule has 0 spiro atoms. The Kier molecular flexibility index (Phi) is 8.23. The molecule has 0 amide bonds. The largest absolute Gasteiger partial charge is 0.390 e. The quantitative estimate of drug-likeness (QED) is 0.541. The van der Waals surface area contributed by atoms with Gasteiger partial charge in [0, 0.05) is 30.1 Å². The summed E-state index contributed by atoms with van der Waals surface area (Å²) in [5, 5.41) is 13.6. The fourth-order valence-corrected chi connectivity index (χ4v) is 4.45. The summed E-state index contributed by atoms with van der Waals surface area (Å²) in [6.45, 7) is 3.98. The van der Waals surface area contributed by atoms with Crippen LogP contribution in [0.1, 0.15) is 19.4 Å². The van der Waals surface area contributed by atoms with Crippen LogP contribution < -0.4 is 5.32 Å². The summed E-state index contributed by atoms with van der Waals surface area (Å²) < 4.78 is 40.8. The second kappa shape index (κ2) is 9.85. The number of halogens is 3. The molecule has 0 radical (unpaired) electrons. The van der Waals surface area contributed by atoms with Crippen molar-refractivity contribution < 1.29 is 17.9 Å². The second-order valence-electron chi connectivity index (χ2n) is 7.58. The van der Waals surface area contributed by atoms with Crippen LogP contribution in [0.15, 0.2) is 51.8 Å². The molecule has 29 heavy (non-hydrogen) atoms. The molecule has 0 heterocycles. The van der Waals surface area contributed by atoms with Crippen LogP contribution in [0.3, 0.4) is 0 Å². The Morgan fingerprint density at radius 3 is 2.45 bits per heavy atom. The highest BCUT2D eigenvalue weighted by Gasteiger charge is 2.25. The van der Waals surface area contributed by atoms with E-state index in [-0.39, 0.29) is 23.0 Å². The SMILES string of the molecule is CN(C[C@H](O)CNC(C)(C)Cc1ccc(Cl)c(F)c1)S(=O)(=O)c1ccc(Br)cc1. The van der Waals surface area contributed by atoms with Gasteiger partial charge < -0.3 is 10.4 Å². The van der Waals surface area contributed by atoms with Crippen molar-refractivity contribution >= 4 is 37.6 Å². The van der Waals surface area contributed by atoms with Crippen LogP contribution in [0.2, 0.25) is 5.02 Å². The first kappa shape index (κ1) is 24.2. The molecule has 0 bridgehead atoms. The van der Waals surface area contributed by atoms with E-state index in [2.05, 4.69) is 21.2 Å². The molecule has 0 aliphatic carbocycles. The second-order valence-corrected chi connectivity index (χ2v) is 11.0. The molecule has 0 fully saturated rings. The molecule has 160 valence electrons. The fraction of sp³-hybridized carbons (Fsp3) is 0.400. The van der Waals surface area contributed by atoms with Crippen molar-refractivity contribution in [3.8, 4) is 0 Å². The average molecular weight is 508 g/mol. The van der Waals surface area contributed by atoms with E-state index in [1.807, 2.05) is 13.8 Å². The first-order valence-corrected chi connectivity index (χ1v) is 11.6. The summed E-state index contributed by atoms with van der Waals surface area (Å²) in [6, 6.07) is 11.0. The van der Waals surface area contributed by atoms with Crippen LogP contribution in [0.4, 0.5) is 4.39 Å². The van der Waals surface area contributed by atoms with Gasteiger partial charge in [-0.1, -0.05) is 33.6 Å². The van der Waals surface area contributed by atoms with Gasteiger partial charge in [-0.25, -0.2) is 12.8 Å². The third kappa shape index (κ3) is 7.01. The molecule has 2 aromatic carbocycles. The lowest BCUT2D eigenvalue weighted by Crippen LogP contribution is -2.47. The minimum absolute atomic E-state index is 0.0585. The third-order valence-corrected chi connectivity index (χ3v) is 7.11. The maximum absolute atomic E-state index is 13.6. The molecule has 0 saturated heterocycles. The minimum atomic E-state index is -3.69. The predicted molar refractivity (Wildman–Crippen MR) is 117 cm³/mol. The molecule has 2 N–H and O–H groups in total. The first-order valence-electron chi connectivity index (χ1n) is 9.00. The Labute approximate surface area is 185 Å². The molecule has 2 aromatic rings. The molecule has 0 aromatic heterocycles. The summed E-state index contributed by atoms with van der Waals surface area (Å²) in [6.07, 6.45) is -0.396. The van der Waals surface area contributed by atoms with Crippen LogP contribution in [-0.2, 0) is 16.4 Å². The highest BCUT2D eigenvalue weighted by atomic mass is 79.9. The van der Waals surface area contributed by atoms with Gasteiger partial charge in [-0.2, -0.15) is 4.31 Å². The Balaban J connectivity index is 1.92. The van der Waals surface area contributed by atoms with E-state index in [1.54, 1.807) is 18.2 Å². The third-order valence-electron chi connectivity index (χ3n) is 4.44. The fourth-order valence-electron chi connectivity index (χ4n) is 2.86. The minimum Gasteiger partial charge on any atom is -0.390 e. The molecule has 5 nitrogen and oxygen atoms in total. The van der Waals surface area contributed by atoms with Crippen molar-refractivity contribution in [1.82, 2.24) is 9.62 Å². The van der Waals surface area contributed by atoms with Gasteiger partial charge in [0.05, 0.1) is 16.0 Å². The summed E-state index contributed by atoms with van der Waals surface area (Å²) in [5.74, 6) is -0.472. The number of aliphatic hydroxyl groups excluding tert-OH is 1. The van der Waals surface area contributed by atoms with Gasteiger partial charge in [0.15, 0.2) is 0 Å². The number of sulfonamides is 1. The van der Waals surface area contributed by atoms with Crippen molar-refractivity contribution in [3.63, 3.8) is 0 Å². The van der Waals surface area contributed by atoms with Crippen molar-refractivity contribution in [1.29, 1.82) is 0 Å². The van der Waals surface area contributed by atoms with Crippen LogP contribution in [0, 0.1) is 5.82 Å². The summed E-state index contributed by atoms with van der Waals surface area (Å²) in [7, 11) is -2.26. The molecular weight excluding hydrogens is 483 g/mol. The Hall–Kier alpha value is -1.03. The van der Waals surface area contributed by atoms with E-state index in [0.29, 0.717) is 6.42 Å². The molecule has 0 saturated carbocycles. The van der Waals surface area contributed by atoms with Gasteiger partial charge in [0.1, 0.15) is 5.82 Å². The Morgan fingerprint density at radius 2 is 1.86 bits per heavy atom. The lowest BCUT2D eigenvalue weighted by molar-refractivity contribution is 0.139. The van der Waals surface area contributed by atoms with Gasteiger partial charge in [0.25, 0.3) is 0 Å². The lowest BCUT2D eigenvalue weighted by atomic mass is 9.94. The molecule has 1 atom stereocenters. The van der Waals surface area contributed by atoms with E-state index >= 15 is 0 Å². The van der Waals surface area contributed by atoms with Crippen LogP contribution >= 0.6 is 27.5 Å². The van der Waals surface area contributed by atoms with Crippen LogP contribution in [-0.4, -0.2) is 49.6 Å². The standard InChI is InChI=1S/C20H25BrClFN2O3S/c1-20(2,11-14-4-9-18(22)19(23)10-14)24-12-16(26)13-25(3)29(27,28)17-7-5-15(21)6-8-17/h4-10,16,24,26H,11-13H2,1-3H3/t16-/m1/s1. The van der Waals surface area contributed by atoms with E-state index in [1.165, 1.54) is 31.3 Å². The molecule has 2 rings (SSSR count). The normalized spacial score (nSPS) is 13.7. The molecular formula is C20H25BrClFN2O3S. The van der Waals surface area contributed by atoms with E-state index in [4.69, 9.17) is 11.6 Å². The number of rotatable bonds is 9. The van der Waals surface area contributed by atoms with Crippen molar-refractivity contribution in [3.05, 3.63) is 63.3 Å². The number of benzene rings is 2.